The summed E-state index contributed by atoms with van der Waals surface area (Å²) in [5.41, 5.74) is 12.0. The molecule has 0 saturated heterocycles. The first kappa shape index (κ1) is 20.4. The molecule has 0 aromatic carbocycles. The molecule has 0 spiro atoms. The quantitative estimate of drug-likeness (QED) is 0.777. The number of carbonyl (C=O) groups is 1. The van der Waals surface area contributed by atoms with Gasteiger partial charge in [0, 0.05) is 41.0 Å². The lowest BCUT2D eigenvalue weighted by Gasteiger charge is -2.36. The van der Waals surface area contributed by atoms with Crippen molar-refractivity contribution in [3.05, 3.63) is 41.1 Å². The molecule has 1 aliphatic heterocycles. The molecule has 0 saturated carbocycles. The number of ether oxygens (including phenoxy) is 1. The Labute approximate surface area is 177 Å². The van der Waals surface area contributed by atoms with Gasteiger partial charge in [-0.15, -0.1) is 0 Å². The minimum atomic E-state index is -0.593. The van der Waals surface area contributed by atoms with Crippen LogP contribution in [0.4, 0.5) is 11.5 Å². The number of rotatable bonds is 3. The number of aliphatic imine (C=N–C) groups is 1. The maximum Gasteiger partial charge on any atom is 0.315 e. The Kier molecular flexibility index (Phi) is 5.08. The molecule has 2 aromatic rings. The van der Waals surface area contributed by atoms with Crippen LogP contribution in [0, 0.1) is 11.3 Å². The number of anilines is 1. The van der Waals surface area contributed by atoms with E-state index in [1.54, 1.807) is 12.4 Å². The number of nitrogens with two attached hydrogens (primary N) is 1. The maximum atomic E-state index is 13.1. The lowest BCUT2D eigenvalue weighted by molar-refractivity contribution is -0.150. The van der Waals surface area contributed by atoms with Crippen molar-refractivity contribution < 1.29 is 9.53 Å². The number of aromatic nitrogens is 3. The number of hydrogen-bond donors (Lipinski definition) is 1. The summed E-state index contributed by atoms with van der Waals surface area (Å²) in [6.45, 7) is 10.0. The molecule has 158 valence electrons. The molecule has 0 fully saturated rings. The Bertz CT molecular complexity index is 1010. The molecule has 2 atom stereocenters. The van der Waals surface area contributed by atoms with E-state index in [-0.39, 0.29) is 23.4 Å². The molecule has 2 N–H and O–H groups in total. The van der Waals surface area contributed by atoms with Crippen LogP contribution in [-0.2, 0) is 22.4 Å². The van der Waals surface area contributed by atoms with E-state index in [0.29, 0.717) is 17.2 Å². The van der Waals surface area contributed by atoms with E-state index in [9.17, 15) is 4.79 Å². The van der Waals surface area contributed by atoms with Crippen molar-refractivity contribution in [2.24, 2.45) is 16.3 Å². The van der Waals surface area contributed by atoms with Gasteiger partial charge in [-0.25, -0.2) is 19.9 Å². The molecule has 0 bridgehead atoms. The van der Waals surface area contributed by atoms with Gasteiger partial charge < -0.3 is 10.5 Å². The zero-order valence-electron chi connectivity index (χ0n) is 18.3. The number of hydrogen-bond acceptors (Lipinski definition) is 7. The van der Waals surface area contributed by atoms with E-state index in [1.165, 1.54) is 6.33 Å². The van der Waals surface area contributed by atoms with Crippen LogP contribution in [0.5, 0.6) is 0 Å². The predicted octanol–water partition coefficient (Wildman–Crippen LogP) is 3.77. The first-order valence-corrected chi connectivity index (χ1v) is 10.5. The molecular weight excluding hydrogens is 378 g/mol. The van der Waals surface area contributed by atoms with E-state index in [2.05, 4.69) is 23.8 Å². The van der Waals surface area contributed by atoms with Crippen LogP contribution < -0.4 is 5.73 Å². The van der Waals surface area contributed by atoms with Gasteiger partial charge in [-0.05, 0) is 56.6 Å². The zero-order valence-corrected chi connectivity index (χ0v) is 18.3. The topological polar surface area (TPSA) is 103 Å². The second-order valence-corrected chi connectivity index (χ2v) is 9.39. The van der Waals surface area contributed by atoms with Gasteiger partial charge in [0.25, 0.3) is 0 Å². The third-order valence-electron chi connectivity index (χ3n) is 6.06. The highest BCUT2D eigenvalue weighted by atomic mass is 16.5. The number of nitrogen functional groups attached to an aromatic ring is 1. The molecule has 4 rings (SSSR count). The molecule has 2 aliphatic rings. The van der Waals surface area contributed by atoms with Crippen LogP contribution in [-0.4, -0.2) is 32.7 Å². The number of esters is 1. The van der Waals surface area contributed by atoms with Crippen molar-refractivity contribution in [2.75, 3.05) is 5.73 Å². The monoisotopic (exact) mass is 407 g/mol. The normalized spacial score (nSPS) is 22.1. The Morgan fingerprint density at radius 1 is 1.27 bits per heavy atom. The lowest BCUT2D eigenvalue weighted by Crippen LogP contribution is -2.36. The fourth-order valence-corrected chi connectivity index (χ4v) is 4.60. The summed E-state index contributed by atoms with van der Waals surface area (Å²) in [6.07, 6.45) is 7.53. The average Bonchev–Trinajstić information content (AvgIpc) is 2.67. The van der Waals surface area contributed by atoms with E-state index in [0.717, 1.165) is 41.6 Å². The molecule has 0 amide bonds. The molecular formula is C23H29N5O2. The highest BCUT2D eigenvalue weighted by molar-refractivity contribution is 6.05. The van der Waals surface area contributed by atoms with Crippen molar-refractivity contribution in [2.45, 2.75) is 65.9 Å². The number of carbonyl (C=O) groups excluding carboxylic acids is 1. The van der Waals surface area contributed by atoms with Crippen molar-refractivity contribution in [1.29, 1.82) is 0 Å². The first-order chi connectivity index (χ1) is 14.2. The molecule has 3 heterocycles. The Balaban J connectivity index is 1.93. The largest absolute Gasteiger partial charge is 0.462 e. The van der Waals surface area contributed by atoms with Crippen LogP contribution in [0.3, 0.4) is 0 Å². The predicted molar refractivity (Wildman–Crippen MR) is 116 cm³/mol. The van der Waals surface area contributed by atoms with E-state index >= 15 is 0 Å². The Morgan fingerprint density at radius 3 is 2.63 bits per heavy atom. The van der Waals surface area contributed by atoms with E-state index in [4.69, 9.17) is 20.4 Å². The summed E-state index contributed by atoms with van der Waals surface area (Å²) in [4.78, 5) is 31.1. The Morgan fingerprint density at radius 2 is 1.97 bits per heavy atom. The first-order valence-electron chi connectivity index (χ1n) is 10.5. The van der Waals surface area contributed by atoms with Crippen LogP contribution in [0.25, 0.3) is 0 Å². The number of pyridine rings is 1. The van der Waals surface area contributed by atoms with Gasteiger partial charge in [0.2, 0.25) is 0 Å². The van der Waals surface area contributed by atoms with Gasteiger partial charge in [-0.2, -0.15) is 0 Å². The molecule has 0 radical (unpaired) electrons. The van der Waals surface area contributed by atoms with Crippen LogP contribution in [0.2, 0.25) is 0 Å². The van der Waals surface area contributed by atoms with Crippen molar-refractivity contribution in [3.8, 4) is 0 Å². The second kappa shape index (κ2) is 7.45. The minimum Gasteiger partial charge on any atom is -0.462 e. The minimum absolute atomic E-state index is 0.159. The molecule has 2 unspecified atom stereocenters. The number of aryl methyl sites for hydroxylation is 1. The fourth-order valence-electron chi connectivity index (χ4n) is 4.60. The summed E-state index contributed by atoms with van der Waals surface area (Å²) in [6, 6.07) is 0. The summed E-state index contributed by atoms with van der Waals surface area (Å²) < 4.78 is 5.59. The summed E-state index contributed by atoms with van der Waals surface area (Å²) in [5.74, 6) is -0.688. The van der Waals surface area contributed by atoms with Gasteiger partial charge in [-0.1, -0.05) is 13.8 Å². The second-order valence-electron chi connectivity index (χ2n) is 9.39. The van der Waals surface area contributed by atoms with Crippen LogP contribution in [0.1, 0.15) is 69.3 Å². The van der Waals surface area contributed by atoms with Crippen molar-refractivity contribution in [1.82, 2.24) is 15.0 Å². The zero-order chi connectivity index (χ0) is 21.6. The summed E-state index contributed by atoms with van der Waals surface area (Å²) in [5, 5.41) is 0. The van der Waals surface area contributed by atoms with Gasteiger partial charge >= 0.3 is 5.97 Å². The average molecular weight is 408 g/mol. The lowest BCUT2D eigenvalue weighted by atomic mass is 9.72. The number of nitrogens with zero attached hydrogens (tertiary/aromatic N) is 4. The van der Waals surface area contributed by atoms with Crippen molar-refractivity contribution >= 4 is 23.2 Å². The standard InChI is InChI=1S/C23H29N5O2/c1-12(2)30-22(29)17-13(3)27-21-19(18(17)14-9-25-11-26-10-14)20(24)15-8-23(4,5)7-6-16(15)28-21/h9-12,17-18H,6-8H2,1-5H3,(H2,24,28). The van der Waals surface area contributed by atoms with E-state index < -0.39 is 5.92 Å². The molecule has 2 aromatic heterocycles. The molecule has 7 heteroatoms. The number of fused-ring (bicyclic) bond motifs is 2. The van der Waals surface area contributed by atoms with Crippen LogP contribution >= 0.6 is 0 Å². The van der Waals surface area contributed by atoms with Crippen LogP contribution in [0.15, 0.2) is 23.7 Å². The third kappa shape index (κ3) is 3.57. The molecule has 7 nitrogen and oxygen atoms in total. The van der Waals surface area contributed by atoms with Gasteiger partial charge in [0.05, 0.1) is 6.10 Å². The summed E-state index contributed by atoms with van der Waals surface area (Å²) >= 11 is 0. The Hall–Kier alpha value is -2.83. The molecule has 1 aliphatic carbocycles. The molecule has 30 heavy (non-hydrogen) atoms. The van der Waals surface area contributed by atoms with E-state index in [1.807, 2.05) is 20.8 Å². The van der Waals surface area contributed by atoms with Crippen molar-refractivity contribution in [3.63, 3.8) is 0 Å². The third-order valence-corrected chi connectivity index (χ3v) is 6.06. The maximum absolute atomic E-state index is 13.1. The van der Waals surface area contributed by atoms with Gasteiger partial charge in [-0.3, -0.25) is 4.79 Å². The highest BCUT2D eigenvalue weighted by Crippen LogP contribution is 2.48. The SMILES string of the molecule is CC1=Nc2nc3c(c(N)c2C(c2cncnc2)C1C(=O)OC(C)C)CC(C)(C)CC3. The summed E-state index contributed by atoms with van der Waals surface area (Å²) in [7, 11) is 0. The van der Waals surface area contributed by atoms with Gasteiger partial charge in [0.15, 0.2) is 5.82 Å². The fraction of sp³-hybridized carbons (Fsp3) is 0.522. The smallest absolute Gasteiger partial charge is 0.315 e. The highest BCUT2D eigenvalue weighted by Gasteiger charge is 2.42. The van der Waals surface area contributed by atoms with Gasteiger partial charge in [0.1, 0.15) is 12.2 Å².